The second kappa shape index (κ2) is 9.12. The fraction of sp³-hybridized carbons (Fsp3) is 0.368. The lowest BCUT2D eigenvalue weighted by Crippen LogP contribution is -2.21. The number of nitrogens with one attached hydrogen (secondary N) is 2. The van der Waals surface area contributed by atoms with Crippen molar-refractivity contribution in [1.29, 1.82) is 0 Å². The third kappa shape index (κ3) is 4.86. The van der Waals surface area contributed by atoms with Gasteiger partial charge in [-0.1, -0.05) is 22.4 Å². The molecular formula is C19H20BrFN2O2S2. The Balaban J connectivity index is 1.84. The fourth-order valence-corrected chi connectivity index (χ4v) is 4.99. The van der Waals surface area contributed by atoms with Crippen LogP contribution in [0.25, 0.3) is 0 Å². The van der Waals surface area contributed by atoms with Crippen LogP contribution < -0.4 is 10.6 Å². The zero-order valence-electron chi connectivity index (χ0n) is 14.9. The van der Waals surface area contributed by atoms with E-state index < -0.39 is 5.82 Å². The minimum atomic E-state index is -0.416. The van der Waals surface area contributed by atoms with Crippen LogP contribution in [0.4, 0.5) is 15.1 Å². The van der Waals surface area contributed by atoms with E-state index in [4.69, 9.17) is 17.0 Å². The molecule has 0 unspecified atom stereocenters. The molecule has 3 rings (SSSR count). The standard InChI is InChI=1S/C19H20BrFN2O2S2/c1-2-25-18(24)16-12-6-4-3-5-7-15(12)27-17(16)23-19(26)22-14-9-8-11(20)10-13(14)21/h8-10H,2-7H2,1H3,(H2,22,23,26). The second-order valence-electron chi connectivity index (χ2n) is 6.19. The maximum Gasteiger partial charge on any atom is 0.341 e. The number of anilines is 2. The second-order valence-corrected chi connectivity index (χ2v) is 8.62. The Hall–Kier alpha value is -1.51. The van der Waals surface area contributed by atoms with Crippen molar-refractivity contribution >= 4 is 61.3 Å². The molecule has 1 aliphatic carbocycles. The molecule has 4 nitrogen and oxygen atoms in total. The lowest BCUT2D eigenvalue weighted by atomic mass is 10.1. The van der Waals surface area contributed by atoms with Crippen molar-refractivity contribution in [1.82, 2.24) is 0 Å². The first kappa shape index (κ1) is 20.2. The Morgan fingerprint density at radius 3 is 2.81 bits per heavy atom. The molecule has 0 saturated carbocycles. The molecule has 2 N–H and O–H groups in total. The topological polar surface area (TPSA) is 50.4 Å². The number of esters is 1. The highest BCUT2D eigenvalue weighted by atomic mass is 79.9. The lowest BCUT2D eigenvalue weighted by Gasteiger charge is -2.12. The van der Waals surface area contributed by atoms with Gasteiger partial charge in [0.2, 0.25) is 0 Å². The summed E-state index contributed by atoms with van der Waals surface area (Å²) in [6.45, 7) is 2.11. The quantitative estimate of drug-likeness (QED) is 0.330. The Kier molecular flexibility index (Phi) is 6.83. The van der Waals surface area contributed by atoms with E-state index in [1.165, 1.54) is 22.3 Å². The molecule has 2 aromatic rings. The highest BCUT2D eigenvalue weighted by molar-refractivity contribution is 9.10. The number of thiophene rings is 1. The molecule has 0 amide bonds. The van der Waals surface area contributed by atoms with Gasteiger partial charge in [-0.2, -0.15) is 0 Å². The van der Waals surface area contributed by atoms with Crippen molar-refractivity contribution in [3.63, 3.8) is 0 Å². The van der Waals surface area contributed by atoms with E-state index in [0.717, 1.165) is 37.7 Å². The predicted molar refractivity (Wildman–Crippen MR) is 115 cm³/mol. The van der Waals surface area contributed by atoms with Gasteiger partial charge in [0.15, 0.2) is 5.11 Å². The molecule has 1 aliphatic rings. The van der Waals surface area contributed by atoms with Crippen LogP contribution >= 0.6 is 39.5 Å². The molecule has 144 valence electrons. The highest BCUT2D eigenvalue weighted by Gasteiger charge is 2.26. The van der Waals surface area contributed by atoms with Gasteiger partial charge in [-0.3, -0.25) is 0 Å². The van der Waals surface area contributed by atoms with Crippen LogP contribution in [0.5, 0.6) is 0 Å². The SMILES string of the molecule is CCOC(=O)c1c(NC(=S)Nc2ccc(Br)cc2F)sc2c1CCCCC2. The molecule has 1 heterocycles. The largest absolute Gasteiger partial charge is 0.462 e. The zero-order valence-corrected chi connectivity index (χ0v) is 18.1. The molecule has 0 aliphatic heterocycles. The van der Waals surface area contributed by atoms with E-state index in [1.54, 1.807) is 19.1 Å². The van der Waals surface area contributed by atoms with Crippen LogP contribution in [0.1, 0.15) is 47.0 Å². The van der Waals surface area contributed by atoms with Gasteiger partial charge in [0.05, 0.1) is 17.9 Å². The average molecular weight is 471 g/mol. The third-order valence-corrected chi connectivity index (χ3v) is 6.21. The summed E-state index contributed by atoms with van der Waals surface area (Å²) in [4.78, 5) is 13.8. The van der Waals surface area contributed by atoms with Gasteiger partial charge in [-0.25, -0.2) is 9.18 Å². The Labute approximate surface area is 175 Å². The van der Waals surface area contributed by atoms with Crippen molar-refractivity contribution in [2.24, 2.45) is 0 Å². The van der Waals surface area contributed by atoms with E-state index in [2.05, 4.69) is 26.6 Å². The first-order valence-corrected chi connectivity index (χ1v) is 10.9. The summed E-state index contributed by atoms with van der Waals surface area (Å²) in [6, 6.07) is 4.69. The minimum absolute atomic E-state index is 0.234. The number of ether oxygens (including phenoxy) is 1. The van der Waals surface area contributed by atoms with Crippen LogP contribution in [-0.4, -0.2) is 17.7 Å². The van der Waals surface area contributed by atoms with Crippen LogP contribution in [0.15, 0.2) is 22.7 Å². The van der Waals surface area contributed by atoms with E-state index in [1.807, 2.05) is 0 Å². The first-order chi connectivity index (χ1) is 13.0. The van der Waals surface area contributed by atoms with E-state index in [0.29, 0.717) is 21.6 Å². The summed E-state index contributed by atoms with van der Waals surface area (Å²) >= 11 is 10.1. The lowest BCUT2D eigenvalue weighted by molar-refractivity contribution is 0.0527. The summed E-state index contributed by atoms with van der Waals surface area (Å²) < 4.78 is 20.0. The molecule has 0 fully saturated rings. The Morgan fingerprint density at radius 1 is 1.30 bits per heavy atom. The van der Waals surface area contributed by atoms with Crippen molar-refractivity contribution in [3.05, 3.63) is 44.5 Å². The van der Waals surface area contributed by atoms with Gasteiger partial charge in [0.1, 0.15) is 10.8 Å². The number of thiocarbonyl (C=S) groups is 1. The van der Waals surface area contributed by atoms with Gasteiger partial charge in [-0.05, 0) is 68.6 Å². The Morgan fingerprint density at radius 2 is 2.07 bits per heavy atom. The van der Waals surface area contributed by atoms with Gasteiger partial charge in [0.25, 0.3) is 0 Å². The number of benzene rings is 1. The smallest absolute Gasteiger partial charge is 0.341 e. The molecule has 0 radical (unpaired) electrons. The predicted octanol–water partition coefficient (Wildman–Crippen LogP) is 5.90. The number of fused-ring (bicyclic) bond motifs is 1. The molecule has 8 heteroatoms. The molecule has 27 heavy (non-hydrogen) atoms. The van der Waals surface area contributed by atoms with Crippen molar-refractivity contribution in [3.8, 4) is 0 Å². The number of hydrogen-bond acceptors (Lipinski definition) is 4. The minimum Gasteiger partial charge on any atom is -0.462 e. The van der Waals surface area contributed by atoms with Gasteiger partial charge in [-0.15, -0.1) is 11.3 Å². The maximum atomic E-state index is 14.0. The summed E-state index contributed by atoms with van der Waals surface area (Å²) in [5, 5.41) is 6.83. The average Bonchev–Trinajstić information content (AvgIpc) is 2.78. The first-order valence-electron chi connectivity index (χ1n) is 8.84. The molecule has 0 atom stereocenters. The molecule has 0 bridgehead atoms. The van der Waals surface area contributed by atoms with E-state index in [9.17, 15) is 9.18 Å². The third-order valence-electron chi connectivity index (χ3n) is 4.31. The summed E-state index contributed by atoms with van der Waals surface area (Å²) in [5.41, 5.74) is 1.90. The van der Waals surface area contributed by atoms with Crippen LogP contribution in [-0.2, 0) is 17.6 Å². The van der Waals surface area contributed by atoms with Crippen molar-refractivity contribution in [2.45, 2.75) is 39.0 Å². The molecule has 1 aromatic heterocycles. The summed E-state index contributed by atoms with van der Waals surface area (Å²) in [5.74, 6) is -0.752. The van der Waals surface area contributed by atoms with Crippen LogP contribution in [0.3, 0.4) is 0 Å². The number of carbonyl (C=O) groups is 1. The monoisotopic (exact) mass is 470 g/mol. The van der Waals surface area contributed by atoms with Gasteiger partial charge >= 0.3 is 5.97 Å². The van der Waals surface area contributed by atoms with E-state index >= 15 is 0 Å². The fourth-order valence-electron chi connectivity index (χ4n) is 3.10. The highest BCUT2D eigenvalue weighted by Crippen LogP contribution is 2.38. The van der Waals surface area contributed by atoms with Crippen molar-refractivity contribution in [2.75, 3.05) is 17.2 Å². The van der Waals surface area contributed by atoms with Crippen LogP contribution in [0, 0.1) is 5.82 Å². The summed E-state index contributed by atoms with van der Waals surface area (Å²) in [7, 11) is 0. The number of hydrogen-bond donors (Lipinski definition) is 2. The van der Waals surface area contributed by atoms with Gasteiger partial charge in [0, 0.05) is 9.35 Å². The number of carbonyl (C=O) groups excluding carboxylic acids is 1. The molecule has 0 spiro atoms. The normalized spacial score (nSPS) is 13.4. The molecule has 0 saturated heterocycles. The van der Waals surface area contributed by atoms with Gasteiger partial charge < -0.3 is 15.4 Å². The number of aryl methyl sites for hydroxylation is 1. The van der Waals surface area contributed by atoms with Crippen LogP contribution in [0.2, 0.25) is 0 Å². The van der Waals surface area contributed by atoms with E-state index in [-0.39, 0.29) is 16.8 Å². The van der Waals surface area contributed by atoms with Crippen molar-refractivity contribution < 1.29 is 13.9 Å². The Bertz CT molecular complexity index is 870. The number of rotatable bonds is 4. The summed E-state index contributed by atoms with van der Waals surface area (Å²) in [6.07, 6.45) is 5.15. The molecule has 1 aromatic carbocycles. The zero-order chi connectivity index (χ0) is 19.4. The maximum absolute atomic E-state index is 14.0. The molecular weight excluding hydrogens is 451 g/mol. The number of halogens is 2.